The Bertz CT molecular complexity index is 1360. The van der Waals surface area contributed by atoms with E-state index in [-0.39, 0.29) is 34.2 Å². The van der Waals surface area contributed by atoms with Gasteiger partial charge in [-0.3, -0.25) is 14.4 Å². The Morgan fingerprint density at radius 3 is 2.10 bits per heavy atom. The minimum atomic E-state index is -0.286. The van der Waals surface area contributed by atoms with Crippen LogP contribution in [0, 0.1) is 0 Å². The van der Waals surface area contributed by atoms with Crippen molar-refractivity contribution in [3.63, 3.8) is 0 Å². The molecule has 1 aliphatic rings. The normalized spacial score (nSPS) is 12.9. The summed E-state index contributed by atoms with van der Waals surface area (Å²) >= 11 is 0. The van der Waals surface area contributed by atoms with E-state index < -0.39 is 0 Å². The third-order valence-electron chi connectivity index (χ3n) is 5.77. The first-order chi connectivity index (χ1) is 14.5. The van der Waals surface area contributed by atoms with Crippen LogP contribution in [-0.2, 0) is 0 Å². The summed E-state index contributed by atoms with van der Waals surface area (Å²) in [7, 11) is 0. The average Bonchev–Trinajstić information content (AvgIpc) is 3.12. The van der Waals surface area contributed by atoms with Gasteiger partial charge in [-0.05, 0) is 23.6 Å². The number of fused-ring (bicyclic) bond motifs is 4. The zero-order valence-corrected chi connectivity index (χ0v) is 16.7. The third-order valence-corrected chi connectivity index (χ3v) is 5.77. The molecule has 4 aromatic rings. The smallest absolute Gasteiger partial charge is 0.211 e. The topological polar surface area (TPSA) is 55.6 Å². The minimum Gasteiger partial charge on any atom is -0.312 e. The van der Waals surface area contributed by atoms with E-state index in [1.807, 2.05) is 18.2 Å². The molecule has 0 aliphatic heterocycles. The monoisotopic (exact) mass is 393 g/mol. The van der Waals surface area contributed by atoms with Gasteiger partial charge >= 0.3 is 0 Å². The highest BCUT2D eigenvalue weighted by Gasteiger charge is 2.37. The van der Waals surface area contributed by atoms with Gasteiger partial charge in [0.05, 0.1) is 16.6 Å². The summed E-state index contributed by atoms with van der Waals surface area (Å²) in [6, 6.07) is 19.6. The van der Waals surface area contributed by atoms with Crippen molar-refractivity contribution in [1.82, 2.24) is 4.40 Å². The molecule has 0 spiro atoms. The van der Waals surface area contributed by atoms with E-state index in [4.69, 9.17) is 0 Å². The molecule has 0 atom stereocenters. The zero-order chi connectivity index (χ0) is 21.0. The second-order valence-electron chi connectivity index (χ2n) is 7.86. The van der Waals surface area contributed by atoms with Crippen molar-refractivity contribution in [1.29, 1.82) is 0 Å². The fraction of sp³-hybridized carbons (Fsp3) is 0.115. The van der Waals surface area contributed by atoms with Gasteiger partial charge < -0.3 is 4.40 Å². The van der Waals surface area contributed by atoms with Gasteiger partial charge in [0, 0.05) is 22.9 Å². The van der Waals surface area contributed by atoms with Crippen molar-refractivity contribution in [2.75, 3.05) is 0 Å². The third kappa shape index (κ3) is 2.50. The van der Waals surface area contributed by atoms with Crippen LogP contribution in [0.5, 0.6) is 0 Å². The fourth-order valence-electron chi connectivity index (χ4n) is 4.19. The van der Waals surface area contributed by atoms with E-state index in [0.717, 1.165) is 5.56 Å². The molecule has 0 unspecified atom stereocenters. The highest BCUT2D eigenvalue weighted by Crippen LogP contribution is 2.35. The predicted molar refractivity (Wildman–Crippen MR) is 115 cm³/mol. The van der Waals surface area contributed by atoms with Gasteiger partial charge in [0.1, 0.15) is 5.69 Å². The molecule has 0 radical (unpaired) electrons. The van der Waals surface area contributed by atoms with Crippen LogP contribution in [0.4, 0.5) is 0 Å². The number of ketones is 3. The lowest BCUT2D eigenvalue weighted by molar-refractivity contribution is 0.0970. The van der Waals surface area contributed by atoms with Crippen LogP contribution in [0.3, 0.4) is 0 Å². The molecule has 0 saturated carbocycles. The number of nitrogens with zero attached hydrogens (tertiary/aromatic N) is 1. The van der Waals surface area contributed by atoms with Gasteiger partial charge in [-0.2, -0.15) is 0 Å². The average molecular weight is 393 g/mol. The van der Waals surface area contributed by atoms with E-state index >= 15 is 0 Å². The molecule has 0 amide bonds. The fourth-order valence-corrected chi connectivity index (χ4v) is 4.19. The molecule has 0 N–H and O–H groups in total. The predicted octanol–water partition coefficient (Wildman–Crippen LogP) is 5.07. The molecule has 0 saturated heterocycles. The lowest BCUT2D eigenvalue weighted by Crippen LogP contribution is -2.22. The van der Waals surface area contributed by atoms with Gasteiger partial charge in [-0.25, -0.2) is 0 Å². The Kier molecular flexibility index (Phi) is 4.03. The van der Waals surface area contributed by atoms with E-state index in [1.165, 1.54) is 0 Å². The first kappa shape index (κ1) is 18.3. The largest absolute Gasteiger partial charge is 0.312 e. The molecule has 2 aromatic heterocycles. The minimum absolute atomic E-state index is 0.197. The molecule has 5 rings (SSSR count). The van der Waals surface area contributed by atoms with Crippen molar-refractivity contribution in [2.45, 2.75) is 19.8 Å². The second-order valence-corrected chi connectivity index (χ2v) is 7.86. The summed E-state index contributed by atoms with van der Waals surface area (Å²) in [4.78, 5) is 40.2. The molecular weight excluding hydrogens is 374 g/mol. The van der Waals surface area contributed by atoms with Crippen LogP contribution in [0.15, 0.2) is 72.9 Å². The molecule has 146 valence electrons. The molecule has 2 aromatic carbocycles. The van der Waals surface area contributed by atoms with Crippen LogP contribution in [0.2, 0.25) is 0 Å². The number of pyridine rings is 1. The second kappa shape index (κ2) is 6.63. The number of rotatable bonds is 3. The zero-order valence-electron chi connectivity index (χ0n) is 16.7. The highest BCUT2D eigenvalue weighted by molar-refractivity contribution is 6.33. The number of hydrogen-bond donors (Lipinski definition) is 0. The molecule has 4 nitrogen and oxygen atoms in total. The summed E-state index contributed by atoms with van der Waals surface area (Å²) < 4.78 is 1.67. The first-order valence-electron chi connectivity index (χ1n) is 9.95. The van der Waals surface area contributed by atoms with Gasteiger partial charge in [0.15, 0.2) is 11.6 Å². The Morgan fingerprint density at radius 2 is 1.43 bits per heavy atom. The Hall–Kier alpha value is -3.79. The molecular formula is C26H19NO3. The quantitative estimate of drug-likeness (QED) is 0.402. The number of benzene rings is 2. The highest BCUT2D eigenvalue weighted by atomic mass is 16.1. The summed E-state index contributed by atoms with van der Waals surface area (Å²) in [6.45, 7) is 4.19. The SMILES string of the molecule is CC(C)c1ccc(C(=O)c2c3c(n4ccccc24)C(=O)c2ccccc2C3=O)cc1. The van der Waals surface area contributed by atoms with Crippen molar-refractivity contribution < 1.29 is 14.4 Å². The van der Waals surface area contributed by atoms with E-state index in [0.29, 0.717) is 28.1 Å². The standard InChI is InChI=1S/C26H19NO3/c1-15(2)16-10-12-17(13-11-16)24(28)21-20-9-5-6-14-27(20)23-22(21)25(29)18-7-3-4-8-19(18)26(23)30/h3-15H,1-2H3. The molecule has 2 heterocycles. The summed E-state index contributed by atoms with van der Waals surface area (Å²) in [6.07, 6.45) is 1.73. The maximum absolute atomic E-state index is 13.6. The van der Waals surface area contributed by atoms with Gasteiger partial charge in [-0.1, -0.05) is 68.4 Å². The lowest BCUT2D eigenvalue weighted by Gasteiger charge is -2.15. The van der Waals surface area contributed by atoms with Gasteiger partial charge in [0.25, 0.3) is 0 Å². The lowest BCUT2D eigenvalue weighted by atomic mass is 9.84. The van der Waals surface area contributed by atoms with Crippen LogP contribution < -0.4 is 0 Å². The Balaban J connectivity index is 1.77. The summed E-state index contributed by atoms with van der Waals surface area (Å²) in [5.41, 5.74) is 3.66. The van der Waals surface area contributed by atoms with E-state index in [9.17, 15) is 14.4 Å². The van der Waals surface area contributed by atoms with Crippen LogP contribution >= 0.6 is 0 Å². The maximum Gasteiger partial charge on any atom is 0.211 e. The van der Waals surface area contributed by atoms with E-state index in [1.54, 1.807) is 59.1 Å². The van der Waals surface area contributed by atoms with Crippen LogP contribution in [-0.4, -0.2) is 21.8 Å². The van der Waals surface area contributed by atoms with Gasteiger partial charge in [0.2, 0.25) is 5.78 Å². The van der Waals surface area contributed by atoms with Crippen molar-refractivity contribution >= 4 is 22.9 Å². The Morgan fingerprint density at radius 1 is 0.800 bits per heavy atom. The number of hydrogen-bond acceptors (Lipinski definition) is 3. The van der Waals surface area contributed by atoms with Gasteiger partial charge in [-0.15, -0.1) is 0 Å². The van der Waals surface area contributed by atoms with E-state index in [2.05, 4.69) is 13.8 Å². The molecule has 1 aliphatic carbocycles. The molecule has 0 bridgehead atoms. The van der Waals surface area contributed by atoms with Crippen molar-refractivity contribution in [3.8, 4) is 0 Å². The summed E-state index contributed by atoms with van der Waals surface area (Å²) in [5.74, 6) is -0.426. The van der Waals surface area contributed by atoms with Crippen molar-refractivity contribution in [2.24, 2.45) is 0 Å². The summed E-state index contributed by atoms with van der Waals surface area (Å²) in [5, 5.41) is 0. The number of carbonyl (C=O) groups is 3. The van der Waals surface area contributed by atoms with Crippen LogP contribution in [0.25, 0.3) is 5.52 Å². The number of aromatic nitrogens is 1. The maximum atomic E-state index is 13.6. The molecule has 0 fully saturated rings. The number of carbonyl (C=O) groups excluding carboxylic acids is 3. The Labute approximate surface area is 173 Å². The molecule has 4 heteroatoms. The van der Waals surface area contributed by atoms with Crippen LogP contribution in [0.1, 0.15) is 73.2 Å². The first-order valence-corrected chi connectivity index (χ1v) is 9.95. The molecule has 30 heavy (non-hydrogen) atoms. The van der Waals surface area contributed by atoms with Crippen molar-refractivity contribution in [3.05, 3.63) is 112 Å².